The van der Waals surface area contributed by atoms with Crippen LogP contribution in [-0.4, -0.2) is 28.9 Å². The largest absolute Gasteiger partial charge is 0.337 e. The summed E-state index contributed by atoms with van der Waals surface area (Å²) in [5, 5.41) is 6.91. The number of piperidine rings is 1. The molecule has 5 heteroatoms. The topological polar surface area (TPSA) is 33.2 Å². The molecule has 3 rings (SSSR count). The van der Waals surface area contributed by atoms with Gasteiger partial charge in [-0.3, -0.25) is 4.79 Å². The van der Waals surface area contributed by atoms with Gasteiger partial charge in [-0.05, 0) is 30.7 Å². The van der Waals surface area contributed by atoms with Crippen LogP contribution < -0.4 is 0 Å². The number of thiazole rings is 1. The fraction of sp³-hybridized carbons (Fsp3) is 0.385. The van der Waals surface area contributed by atoms with E-state index in [1.807, 2.05) is 21.7 Å². The van der Waals surface area contributed by atoms with Crippen LogP contribution in [0.5, 0.6) is 0 Å². The minimum atomic E-state index is 0.0902. The number of amides is 1. The minimum Gasteiger partial charge on any atom is -0.337 e. The van der Waals surface area contributed by atoms with E-state index in [9.17, 15) is 4.79 Å². The van der Waals surface area contributed by atoms with Gasteiger partial charge in [-0.2, -0.15) is 11.3 Å². The molecule has 0 saturated carbocycles. The van der Waals surface area contributed by atoms with Crippen molar-refractivity contribution in [3.05, 3.63) is 27.9 Å². The Balaban J connectivity index is 1.78. The predicted octanol–water partition coefficient (Wildman–Crippen LogP) is 3.50. The maximum absolute atomic E-state index is 12.3. The van der Waals surface area contributed by atoms with E-state index in [4.69, 9.17) is 0 Å². The van der Waals surface area contributed by atoms with Gasteiger partial charge in [0.1, 0.15) is 10.7 Å². The Morgan fingerprint density at radius 1 is 1.22 bits per heavy atom. The standard InChI is InChI=1S/C13H14N2OS2/c16-13(15-5-2-1-3-6-15)11-9-18-12(14-11)10-4-7-17-8-10/h4,7-9H,1-3,5-6H2. The van der Waals surface area contributed by atoms with E-state index in [1.165, 1.54) is 6.42 Å². The molecule has 0 bridgehead atoms. The highest BCUT2D eigenvalue weighted by molar-refractivity contribution is 7.14. The number of hydrogen-bond acceptors (Lipinski definition) is 4. The first-order valence-electron chi connectivity index (χ1n) is 6.12. The Morgan fingerprint density at radius 3 is 2.78 bits per heavy atom. The number of rotatable bonds is 2. The van der Waals surface area contributed by atoms with Crippen molar-refractivity contribution < 1.29 is 4.79 Å². The second-order valence-corrected chi connectivity index (χ2v) is 6.04. The molecule has 94 valence electrons. The van der Waals surface area contributed by atoms with Crippen LogP contribution in [0, 0.1) is 0 Å². The van der Waals surface area contributed by atoms with Gasteiger partial charge >= 0.3 is 0 Å². The zero-order chi connectivity index (χ0) is 12.4. The van der Waals surface area contributed by atoms with Crippen LogP contribution in [0.2, 0.25) is 0 Å². The van der Waals surface area contributed by atoms with Crippen LogP contribution in [0.4, 0.5) is 0 Å². The molecule has 18 heavy (non-hydrogen) atoms. The highest BCUT2D eigenvalue weighted by atomic mass is 32.1. The Bertz CT molecular complexity index is 527. The molecule has 2 aromatic heterocycles. The second kappa shape index (κ2) is 5.20. The number of carbonyl (C=O) groups excluding carboxylic acids is 1. The molecule has 3 nitrogen and oxygen atoms in total. The number of carbonyl (C=O) groups is 1. The zero-order valence-corrected chi connectivity index (χ0v) is 11.6. The first-order chi connectivity index (χ1) is 8.84. The summed E-state index contributed by atoms with van der Waals surface area (Å²) >= 11 is 3.20. The molecule has 0 aliphatic carbocycles. The molecule has 0 N–H and O–H groups in total. The van der Waals surface area contributed by atoms with Crippen molar-refractivity contribution in [1.82, 2.24) is 9.88 Å². The van der Waals surface area contributed by atoms with Crippen LogP contribution in [0.1, 0.15) is 29.8 Å². The van der Waals surface area contributed by atoms with Gasteiger partial charge in [-0.15, -0.1) is 11.3 Å². The van der Waals surface area contributed by atoms with Crippen LogP contribution in [0.3, 0.4) is 0 Å². The molecule has 1 aliphatic heterocycles. The average molecular weight is 278 g/mol. The summed E-state index contributed by atoms with van der Waals surface area (Å²) in [5.74, 6) is 0.0902. The lowest BCUT2D eigenvalue weighted by atomic mass is 10.1. The summed E-state index contributed by atoms with van der Waals surface area (Å²) < 4.78 is 0. The average Bonchev–Trinajstić information content (AvgIpc) is 3.09. The normalized spacial score (nSPS) is 15.9. The fourth-order valence-corrected chi connectivity index (χ4v) is 3.66. The SMILES string of the molecule is O=C(c1csc(-c2ccsc2)n1)N1CCCCC1. The summed E-state index contributed by atoms with van der Waals surface area (Å²) in [6, 6.07) is 2.04. The van der Waals surface area contributed by atoms with E-state index in [-0.39, 0.29) is 5.91 Å². The monoisotopic (exact) mass is 278 g/mol. The van der Waals surface area contributed by atoms with Gasteiger partial charge in [0.05, 0.1) is 0 Å². The van der Waals surface area contributed by atoms with Gasteiger partial charge < -0.3 is 4.90 Å². The minimum absolute atomic E-state index is 0.0902. The lowest BCUT2D eigenvalue weighted by Gasteiger charge is -2.25. The molecule has 1 amide bonds. The number of nitrogens with zero attached hydrogens (tertiary/aromatic N) is 2. The van der Waals surface area contributed by atoms with E-state index < -0.39 is 0 Å². The lowest BCUT2D eigenvalue weighted by molar-refractivity contribution is 0.0719. The molecule has 0 aromatic carbocycles. The predicted molar refractivity (Wildman–Crippen MR) is 75.2 cm³/mol. The van der Waals surface area contributed by atoms with Crippen molar-refractivity contribution in [2.45, 2.75) is 19.3 Å². The Kier molecular flexibility index (Phi) is 3.43. The zero-order valence-electron chi connectivity index (χ0n) is 9.96. The van der Waals surface area contributed by atoms with Crippen molar-refractivity contribution in [1.29, 1.82) is 0 Å². The van der Waals surface area contributed by atoms with Crippen molar-refractivity contribution in [2.75, 3.05) is 13.1 Å². The number of aromatic nitrogens is 1. The van der Waals surface area contributed by atoms with Gasteiger partial charge in [0.2, 0.25) is 0 Å². The van der Waals surface area contributed by atoms with E-state index in [2.05, 4.69) is 10.4 Å². The van der Waals surface area contributed by atoms with Crippen LogP contribution in [0.25, 0.3) is 10.6 Å². The summed E-state index contributed by atoms with van der Waals surface area (Å²) in [6.07, 6.45) is 3.47. The Hall–Kier alpha value is -1.20. The molecular weight excluding hydrogens is 264 g/mol. The molecule has 1 fully saturated rings. The van der Waals surface area contributed by atoms with Crippen molar-refractivity contribution in [3.63, 3.8) is 0 Å². The third-order valence-electron chi connectivity index (χ3n) is 3.13. The fourth-order valence-electron chi connectivity index (χ4n) is 2.15. The maximum Gasteiger partial charge on any atom is 0.273 e. The third-order valence-corrected chi connectivity index (χ3v) is 4.71. The van der Waals surface area contributed by atoms with Crippen molar-refractivity contribution in [2.24, 2.45) is 0 Å². The summed E-state index contributed by atoms with van der Waals surface area (Å²) in [7, 11) is 0. The van der Waals surface area contributed by atoms with E-state index in [0.29, 0.717) is 5.69 Å². The molecule has 3 heterocycles. The van der Waals surface area contributed by atoms with Gasteiger partial charge in [0.15, 0.2) is 0 Å². The van der Waals surface area contributed by atoms with E-state index >= 15 is 0 Å². The summed E-state index contributed by atoms with van der Waals surface area (Å²) in [5.41, 5.74) is 1.71. The molecule has 0 atom stereocenters. The Labute approximate surface area is 114 Å². The van der Waals surface area contributed by atoms with Crippen molar-refractivity contribution >= 4 is 28.6 Å². The molecule has 1 saturated heterocycles. The molecule has 0 radical (unpaired) electrons. The Morgan fingerprint density at radius 2 is 2.06 bits per heavy atom. The summed E-state index contributed by atoms with van der Waals surface area (Å²) in [4.78, 5) is 18.6. The molecular formula is C13H14N2OS2. The van der Waals surface area contributed by atoms with Crippen LogP contribution >= 0.6 is 22.7 Å². The smallest absolute Gasteiger partial charge is 0.273 e. The van der Waals surface area contributed by atoms with Crippen LogP contribution in [0.15, 0.2) is 22.2 Å². The second-order valence-electron chi connectivity index (χ2n) is 4.40. The van der Waals surface area contributed by atoms with Crippen molar-refractivity contribution in [3.8, 4) is 10.6 Å². The number of thiophene rings is 1. The highest BCUT2D eigenvalue weighted by Gasteiger charge is 2.20. The van der Waals surface area contributed by atoms with Crippen LogP contribution in [-0.2, 0) is 0 Å². The maximum atomic E-state index is 12.3. The quantitative estimate of drug-likeness (QED) is 0.842. The molecule has 1 aliphatic rings. The number of likely N-dealkylation sites (tertiary alicyclic amines) is 1. The molecule has 0 unspecified atom stereocenters. The lowest BCUT2D eigenvalue weighted by Crippen LogP contribution is -2.35. The van der Waals surface area contributed by atoms with Gasteiger partial charge in [0, 0.05) is 29.4 Å². The van der Waals surface area contributed by atoms with E-state index in [0.717, 1.165) is 36.5 Å². The molecule has 0 spiro atoms. The molecule has 2 aromatic rings. The van der Waals surface area contributed by atoms with E-state index in [1.54, 1.807) is 22.7 Å². The number of hydrogen-bond donors (Lipinski definition) is 0. The third kappa shape index (κ3) is 2.33. The first kappa shape index (κ1) is 11.9. The van der Waals surface area contributed by atoms with Gasteiger partial charge in [0.25, 0.3) is 5.91 Å². The van der Waals surface area contributed by atoms with Gasteiger partial charge in [-0.1, -0.05) is 0 Å². The first-order valence-corrected chi connectivity index (χ1v) is 7.94. The van der Waals surface area contributed by atoms with Gasteiger partial charge in [-0.25, -0.2) is 4.98 Å². The highest BCUT2D eigenvalue weighted by Crippen LogP contribution is 2.26. The summed E-state index contributed by atoms with van der Waals surface area (Å²) in [6.45, 7) is 1.76.